The third kappa shape index (κ3) is 3.97. The first-order valence-electron chi connectivity index (χ1n) is 9.72. The number of fused-ring (bicyclic) bond motifs is 2. The lowest BCUT2D eigenvalue weighted by molar-refractivity contribution is 0.587. The number of aryl methyl sites for hydroxylation is 2. The monoisotopic (exact) mass is 423 g/mol. The lowest BCUT2D eigenvalue weighted by atomic mass is 10.1. The molecule has 0 radical (unpaired) electrons. The van der Waals surface area contributed by atoms with Gasteiger partial charge in [0.2, 0.25) is 0 Å². The van der Waals surface area contributed by atoms with Gasteiger partial charge < -0.3 is 9.88 Å². The molecule has 28 heavy (non-hydrogen) atoms. The number of halogens is 2. The summed E-state index contributed by atoms with van der Waals surface area (Å²) in [5, 5.41) is 16.2. The van der Waals surface area contributed by atoms with E-state index in [1.807, 2.05) is 12.4 Å². The molecule has 2 aliphatic rings. The summed E-state index contributed by atoms with van der Waals surface area (Å²) in [4.78, 5) is 4.59. The molecule has 5 rings (SSSR count). The van der Waals surface area contributed by atoms with Gasteiger partial charge in [-0.3, -0.25) is 9.78 Å². The molecule has 0 spiro atoms. The molecule has 0 atom stereocenters. The predicted octanol–water partition coefficient (Wildman–Crippen LogP) is 3.12. The fourth-order valence-electron chi connectivity index (χ4n) is 4.16. The van der Waals surface area contributed by atoms with Crippen molar-refractivity contribution in [2.45, 2.75) is 58.2 Å². The van der Waals surface area contributed by atoms with Gasteiger partial charge in [-0.05, 0) is 50.3 Å². The fraction of sp³-hybridized carbons (Fsp3) is 0.526. The maximum Gasteiger partial charge on any atom is 0.160 e. The Kier molecular flexibility index (Phi) is 6.80. The second-order valence-corrected chi connectivity index (χ2v) is 7.34. The third-order valence-corrected chi connectivity index (χ3v) is 5.55. The summed E-state index contributed by atoms with van der Waals surface area (Å²) in [7, 11) is 0. The van der Waals surface area contributed by atoms with Crippen LogP contribution in [0.15, 0.2) is 18.5 Å². The molecule has 7 nitrogen and oxygen atoms in total. The summed E-state index contributed by atoms with van der Waals surface area (Å²) in [6.07, 6.45) is 11.1. The molecule has 0 aromatic carbocycles. The molecule has 9 heteroatoms. The minimum atomic E-state index is 0. The molecule has 3 aromatic rings. The zero-order valence-electron chi connectivity index (χ0n) is 15.9. The highest BCUT2D eigenvalue weighted by Gasteiger charge is 2.19. The average molecular weight is 424 g/mol. The Morgan fingerprint density at radius 1 is 1.07 bits per heavy atom. The molecule has 3 aromatic heterocycles. The van der Waals surface area contributed by atoms with Crippen molar-refractivity contribution >= 4 is 24.8 Å². The zero-order valence-corrected chi connectivity index (χ0v) is 17.5. The van der Waals surface area contributed by atoms with Crippen LogP contribution in [0.4, 0.5) is 0 Å². The second-order valence-electron chi connectivity index (χ2n) is 7.34. The van der Waals surface area contributed by atoms with E-state index < -0.39 is 0 Å². The van der Waals surface area contributed by atoms with Crippen molar-refractivity contribution in [1.29, 1.82) is 0 Å². The van der Waals surface area contributed by atoms with Crippen molar-refractivity contribution in [3.05, 3.63) is 41.1 Å². The summed E-state index contributed by atoms with van der Waals surface area (Å²) < 4.78 is 4.30. The van der Waals surface area contributed by atoms with Crippen molar-refractivity contribution in [3.63, 3.8) is 0 Å². The number of rotatable bonds is 3. The lowest BCUT2D eigenvalue weighted by Crippen LogP contribution is -2.11. The van der Waals surface area contributed by atoms with Crippen molar-refractivity contribution in [2.75, 3.05) is 6.54 Å². The maximum absolute atomic E-state index is 4.81. The topological polar surface area (TPSA) is 76.3 Å². The zero-order chi connectivity index (χ0) is 17.3. The van der Waals surface area contributed by atoms with Gasteiger partial charge in [-0.1, -0.05) is 6.42 Å². The van der Waals surface area contributed by atoms with Crippen LogP contribution in [0.25, 0.3) is 11.5 Å². The molecule has 0 unspecified atom stereocenters. The first kappa shape index (κ1) is 20.9. The number of nitrogens with one attached hydrogen (secondary N) is 2. The highest BCUT2D eigenvalue weighted by Crippen LogP contribution is 2.24. The van der Waals surface area contributed by atoms with Crippen molar-refractivity contribution < 1.29 is 0 Å². The molecule has 2 N–H and O–H groups in total. The van der Waals surface area contributed by atoms with Gasteiger partial charge in [-0.2, -0.15) is 10.2 Å². The molecular weight excluding hydrogens is 397 g/mol. The average Bonchev–Trinajstić information content (AvgIpc) is 3.27. The number of H-pyrrole nitrogens is 1. The SMILES string of the molecule is Cl.Cl.c1cn(Cc2n[nH]c3c2CCCCC3)c(-c2cc3n(n2)CCCNC3)n1. The number of hydrogen-bond acceptors (Lipinski definition) is 4. The van der Waals surface area contributed by atoms with Crippen molar-refractivity contribution in [2.24, 2.45) is 0 Å². The summed E-state index contributed by atoms with van der Waals surface area (Å²) in [5.41, 5.74) is 6.10. The maximum atomic E-state index is 4.81. The normalized spacial score (nSPS) is 16.1. The third-order valence-electron chi connectivity index (χ3n) is 5.55. The summed E-state index contributed by atoms with van der Waals surface area (Å²) >= 11 is 0. The largest absolute Gasteiger partial charge is 0.324 e. The van der Waals surface area contributed by atoms with Gasteiger partial charge in [0.15, 0.2) is 5.82 Å². The Morgan fingerprint density at radius 3 is 2.89 bits per heavy atom. The van der Waals surface area contributed by atoms with E-state index in [4.69, 9.17) is 5.10 Å². The number of hydrogen-bond donors (Lipinski definition) is 2. The van der Waals surface area contributed by atoms with Crippen LogP contribution in [0.1, 0.15) is 48.3 Å². The van der Waals surface area contributed by atoms with Crippen LogP contribution < -0.4 is 5.32 Å². The first-order valence-corrected chi connectivity index (χ1v) is 9.72. The van der Waals surface area contributed by atoms with Gasteiger partial charge in [0.25, 0.3) is 0 Å². The summed E-state index contributed by atoms with van der Waals surface area (Å²) in [5.74, 6) is 0.927. The van der Waals surface area contributed by atoms with Crippen LogP contribution in [0.5, 0.6) is 0 Å². The Labute approximate surface area is 177 Å². The van der Waals surface area contributed by atoms with E-state index in [2.05, 4.69) is 35.8 Å². The van der Waals surface area contributed by atoms with Gasteiger partial charge >= 0.3 is 0 Å². The minimum Gasteiger partial charge on any atom is -0.324 e. The molecule has 0 saturated carbocycles. The van der Waals surface area contributed by atoms with Crippen molar-refractivity contribution in [3.8, 4) is 11.5 Å². The molecule has 1 aliphatic heterocycles. The summed E-state index contributed by atoms with van der Waals surface area (Å²) in [6, 6.07) is 2.17. The van der Waals surface area contributed by atoms with Crippen LogP contribution in [-0.2, 0) is 32.5 Å². The fourth-order valence-corrected chi connectivity index (χ4v) is 4.16. The Hall–Kier alpha value is -1.83. The highest BCUT2D eigenvalue weighted by molar-refractivity contribution is 5.85. The minimum absolute atomic E-state index is 0. The lowest BCUT2D eigenvalue weighted by Gasteiger charge is -2.07. The quantitative estimate of drug-likeness (QED) is 0.634. The molecular formula is C19H27Cl2N7. The highest BCUT2D eigenvalue weighted by atomic mass is 35.5. The standard InChI is InChI=1S/C19H25N7.2ClH/c1-2-5-15-16(6-3-1)22-23-18(15)13-25-10-8-21-19(25)17-11-14-12-20-7-4-9-26(14)24-17;;/h8,10-11,20H,1-7,9,12-13H2,(H,22,23);2*1H. The van der Waals surface area contributed by atoms with Gasteiger partial charge in [0, 0.05) is 31.2 Å². The Bertz CT molecular complexity index is 888. The second kappa shape index (κ2) is 9.11. The van der Waals surface area contributed by atoms with E-state index in [1.54, 1.807) is 0 Å². The van der Waals surface area contributed by atoms with Gasteiger partial charge in [-0.25, -0.2) is 4.98 Å². The molecule has 1 aliphatic carbocycles. The Balaban J connectivity index is 0.00000112. The van der Waals surface area contributed by atoms with E-state index in [1.165, 1.54) is 36.2 Å². The Morgan fingerprint density at radius 2 is 1.96 bits per heavy atom. The molecule has 4 heterocycles. The molecule has 152 valence electrons. The van der Waals surface area contributed by atoms with E-state index in [0.29, 0.717) is 0 Å². The molecule has 0 fully saturated rings. The van der Waals surface area contributed by atoms with Gasteiger partial charge in [0.1, 0.15) is 5.69 Å². The van der Waals surface area contributed by atoms with E-state index >= 15 is 0 Å². The smallest absolute Gasteiger partial charge is 0.160 e. The van der Waals surface area contributed by atoms with Crippen LogP contribution in [0.2, 0.25) is 0 Å². The van der Waals surface area contributed by atoms with Crippen LogP contribution in [-0.4, -0.2) is 36.1 Å². The molecule has 0 amide bonds. The predicted molar refractivity (Wildman–Crippen MR) is 113 cm³/mol. The molecule has 0 bridgehead atoms. The summed E-state index contributed by atoms with van der Waals surface area (Å²) in [6.45, 7) is 3.65. The van der Waals surface area contributed by atoms with Gasteiger partial charge in [0.05, 0.1) is 17.9 Å². The van der Waals surface area contributed by atoms with Crippen LogP contribution in [0, 0.1) is 0 Å². The number of nitrogens with zero attached hydrogens (tertiary/aromatic N) is 5. The van der Waals surface area contributed by atoms with Crippen molar-refractivity contribution in [1.82, 2.24) is 34.8 Å². The number of aromatic amines is 1. The first-order chi connectivity index (χ1) is 12.9. The van der Waals surface area contributed by atoms with E-state index in [0.717, 1.165) is 62.7 Å². The van der Waals surface area contributed by atoms with Crippen LogP contribution in [0.3, 0.4) is 0 Å². The van der Waals surface area contributed by atoms with E-state index in [9.17, 15) is 0 Å². The molecule has 0 saturated heterocycles. The van der Waals surface area contributed by atoms with E-state index in [-0.39, 0.29) is 24.8 Å². The van der Waals surface area contributed by atoms with Gasteiger partial charge in [-0.15, -0.1) is 24.8 Å². The number of imidazole rings is 1. The number of aromatic nitrogens is 6. The van der Waals surface area contributed by atoms with Crippen LogP contribution >= 0.6 is 24.8 Å².